The summed E-state index contributed by atoms with van der Waals surface area (Å²) < 4.78 is 5.22. The summed E-state index contributed by atoms with van der Waals surface area (Å²) in [4.78, 5) is 33.7. The number of hydrogen-bond acceptors (Lipinski definition) is 5. The van der Waals surface area contributed by atoms with Gasteiger partial charge >= 0.3 is 12.1 Å². The molecule has 0 saturated heterocycles. The number of ether oxygens (including phenoxy) is 1. The van der Waals surface area contributed by atoms with Crippen molar-refractivity contribution in [3.05, 3.63) is 39.4 Å². The van der Waals surface area contributed by atoms with E-state index < -0.39 is 22.6 Å². The molecule has 0 unspecified atom stereocenters. The van der Waals surface area contributed by atoms with E-state index in [0.29, 0.717) is 12.1 Å². The van der Waals surface area contributed by atoms with Crippen molar-refractivity contribution in [3.63, 3.8) is 0 Å². The first-order valence-corrected chi connectivity index (χ1v) is 9.05. The number of nitro benzene ring substituents is 1. The van der Waals surface area contributed by atoms with Crippen molar-refractivity contribution in [2.45, 2.75) is 58.0 Å². The van der Waals surface area contributed by atoms with E-state index in [0.717, 1.165) is 25.7 Å². The normalized spacial score (nSPS) is 20.0. The molecule has 0 bridgehead atoms. The zero-order valence-corrected chi connectivity index (χ0v) is 15.9. The molecule has 1 aliphatic carbocycles. The summed E-state index contributed by atoms with van der Waals surface area (Å²) in [6, 6.07) is 3.92. The predicted molar refractivity (Wildman–Crippen MR) is 99.0 cm³/mol. The first-order chi connectivity index (χ1) is 12.6. The van der Waals surface area contributed by atoms with Gasteiger partial charge in [0.2, 0.25) is 0 Å². The number of alkyl carbamates (subject to hydrolysis) is 1. The average Bonchev–Trinajstić information content (AvgIpc) is 2.58. The molecule has 148 valence electrons. The Morgan fingerprint density at radius 2 is 1.89 bits per heavy atom. The third-order valence-corrected chi connectivity index (χ3v) is 4.70. The number of nitrogens with zero attached hydrogens (tertiary/aromatic N) is 1. The summed E-state index contributed by atoms with van der Waals surface area (Å²) in [6.07, 6.45) is 2.62. The van der Waals surface area contributed by atoms with Crippen LogP contribution in [0.4, 0.5) is 10.5 Å². The Morgan fingerprint density at radius 3 is 2.41 bits per heavy atom. The number of nitrogens with one attached hydrogen (secondary N) is 1. The molecular formula is C19H26N2O6. The second kappa shape index (κ2) is 8.37. The van der Waals surface area contributed by atoms with Crippen LogP contribution in [0.5, 0.6) is 0 Å². The lowest BCUT2D eigenvalue weighted by atomic mass is 9.77. The molecule has 1 aliphatic rings. The third kappa shape index (κ3) is 5.94. The summed E-state index contributed by atoms with van der Waals surface area (Å²) in [7, 11) is 0. The van der Waals surface area contributed by atoms with Crippen molar-refractivity contribution in [1.82, 2.24) is 5.32 Å². The predicted octanol–water partition coefficient (Wildman–Crippen LogP) is 4.09. The van der Waals surface area contributed by atoms with Crippen LogP contribution >= 0.6 is 0 Å². The molecule has 0 spiro atoms. The Kier molecular flexibility index (Phi) is 6.41. The molecule has 0 heterocycles. The Morgan fingerprint density at radius 1 is 1.26 bits per heavy atom. The molecule has 0 aromatic heterocycles. The Labute approximate surface area is 158 Å². The Hall–Kier alpha value is -2.64. The minimum atomic E-state index is -1.08. The lowest BCUT2D eigenvalue weighted by Crippen LogP contribution is -2.36. The van der Waals surface area contributed by atoms with Gasteiger partial charge in [0.05, 0.1) is 10.5 Å². The highest BCUT2D eigenvalue weighted by atomic mass is 16.6. The van der Waals surface area contributed by atoms with Gasteiger partial charge in [0.25, 0.3) is 5.69 Å². The standard InChI is InChI=1S/C19H26N2O6/c1-19(2,3)27-18(24)20-11-12-4-6-13(7-5-12)16-10-14(21(25)26)8-9-15(16)17(22)23/h8-10,12-13H,4-7,11H2,1-3H3,(H,20,24)(H,22,23). The fraction of sp³-hybridized carbons (Fsp3) is 0.579. The number of carboxylic acid groups (broad SMARTS) is 1. The van der Waals surface area contributed by atoms with E-state index in [1.54, 1.807) is 20.8 Å². The van der Waals surface area contributed by atoms with Crippen LogP contribution in [0.25, 0.3) is 0 Å². The number of carboxylic acids is 1. The van der Waals surface area contributed by atoms with E-state index in [4.69, 9.17) is 4.74 Å². The van der Waals surface area contributed by atoms with Gasteiger partial charge in [0, 0.05) is 18.7 Å². The van der Waals surface area contributed by atoms with Crippen molar-refractivity contribution in [3.8, 4) is 0 Å². The van der Waals surface area contributed by atoms with Crippen molar-refractivity contribution >= 4 is 17.7 Å². The molecule has 0 atom stereocenters. The van der Waals surface area contributed by atoms with Crippen LogP contribution in [0.3, 0.4) is 0 Å². The van der Waals surface area contributed by atoms with Crippen LogP contribution < -0.4 is 5.32 Å². The quantitative estimate of drug-likeness (QED) is 0.588. The second-order valence-corrected chi connectivity index (χ2v) is 7.93. The van der Waals surface area contributed by atoms with Crippen LogP contribution in [0, 0.1) is 16.0 Å². The molecule has 1 aromatic carbocycles. The lowest BCUT2D eigenvalue weighted by Gasteiger charge is -2.30. The molecule has 0 aliphatic heterocycles. The van der Waals surface area contributed by atoms with Crippen LogP contribution in [-0.4, -0.2) is 34.2 Å². The molecule has 27 heavy (non-hydrogen) atoms. The SMILES string of the molecule is CC(C)(C)OC(=O)NCC1CCC(c2cc([N+](=O)[O-])ccc2C(=O)O)CC1. The highest BCUT2D eigenvalue weighted by molar-refractivity contribution is 5.90. The maximum atomic E-state index is 11.7. The smallest absolute Gasteiger partial charge is 0.407 e. The maximum Gasteiger partial charge on any atom is 0.407 e. The van der Waals surface area contributed by atoms with Gasteiger partial charge in [0.1, 0.15) is 5.60 Å². The van der Waals surface area contributed by atoms with Gasteiger partial charge in [0.15, 0.2) is 0 Å². The largest absolute Gasteiger partial charge is 0.478 e. The number of hydrogen-bond donors (Lipinski definition) is 2. The van der Waals surface area contributed by atoms with Crippen LogP contribution in [0.1, 0.15) is 68.3 Å². The van der Waals surface area contributed by atoms with Crippen molar-refractivity contribution in [1.29, 1.82) is 0 Å². The van der Waals surface area contributed by atoms with Gasteiger partial charge in [-0.05, 0) is 69.9 Å². The molecule has 8 nitrogen and oxygen atoms in total. The summed E-state index contributed by atoms with van der Waals surface area (Å²) in [5.74, 6) is -0.830. The van der Waals surface area contributed by atoms with E-state index in [-0.39, 0.29) is 23.1 Å². The fourth-order valence-corrected chi connectivity index (χ4v) is 3.42. The number of carbonyl (C=O) groups excluding carboxylic acids is 1. The van der Waals surface area contributed by atoms with E-state index >= 15 is 0 Å². The van der Waals surface area contributed by atoms with Gasteiger partial charge in [-0.25, -0.2) is 9.59 Å². The van der Waals surface area contributed by atoms with Crippen LogP contribution in [0.15, 0.2) is 18.2 Å². The average molecular weight is 378 g/mol. The Balaban J connectivity index is 1.97. The zero-order valence-electron chi connectivity index (χ0n) is 15.9. The second-order valence-electron chi connectivity index (χ2n) is 7.93. The molecule has 8 heteroatoms. The first kappa shape index (κ1) is 20.7. The molecule has 0 radical (unpaired) electrons. The van der Waals surface area contributed by atoms with Gasteiger partial charge < -0.3 is 15.2 Å². The summed E-state index contributed by atoms with van der Waals surface area (Å²) in [5.41, 5.74) is 0.00619. The van der Waals surface area contributed by atoms with Crippen molar-refractivity contribution in [2.75, 3.05) is 6.54 Å². The zero-order chi connectivity index (χ0) is 20.2. The van der Waals surface area contributed by atoms with Crippen molar-refractivity contribution < 1.29 is 24.4 Å². The maximum absolute atomic E-state index is 11.7. The number of rotatable bonds is 5. The molecule has 1 saturated carbocycles. The monoisotopic (exact) mass is 378 g/mol. The van der Waals surface area contributed by atoms with Crippen LogP contribution in [-0.2, 0) is 4.74 Å². The highest BCUT2D eigenvalue weighted by Crippen LogP contribution is 2.38. The molecular weight excluding hydrogens is 352 g/mol. The number of nitro groups is 1. The lowest BCUT2D eigenvalue weighted by molar-refractivity contribution is -0.384. The minimum absolute atomic E-state index is 0.0335. The fourth-order valence-electron chi connectivity index (χ4n) is 3.42. The summed E-state index contributed by atoms with van der Waals surface area (Å²) in [6.45, 7) is 5.91. The Bertz CT molecular complexity index is 717. The number of amides is 1. The summed E-state index contributed by atoms with van der Waals surface area (Å²) >= 11 is 0. The number of carbonyl (C=O) groups is 2. The van der Waals surface area contributed by atoms with Gasteiger partial charge in [-0.3, -0.25) is 10.1 Å². The molecule has 1 fully saturated rings. The van der Waals surface area contributed by atoms with E-state index in [2.05, 4.69) is 5.32 Å². The molecule has 2 N–H and O–H groups in total. The van der Waals surface area contributed by atoms with Gasteiger partial charge in [-0.1, -0.05) is 0 Å². The van der Waals surface area contributed by atoms with E-state index in [1.165, 1.54) is 18.2 Å². The highest BCUT2D eigenvalue weighted by Gasteiger charge is 2.28. The van der Waals surface area contributed by atoms with Gasteiger partial charge in [-0.2, -0.15) is 0 Å². The molecule has 1 amide bonds. The van der Waals surface area contributed by atoms with Crippen LogP contribution in [0.2, 0.25) is 0 Å². The molecule has 2 rings (SSSR count). The molecule has 1 aromatic rings. The number of benzene rings is 1. The third-order valence-electron chi connectivity index (χ3n) is 4.70. The minimum Gasteiger partial charge on any atom is -0.478 e. The van der Waals surface area contributed by atoms with E-state index in [9.17, 15) is 24.8 Å². The topological polar surface area (TPSA) is 119 Å². The van der Waals surface area contributed by atoms with E-state index in [1.807, 2.05) is 0 Å². The number of aromatic carboxylic acids is 1. The van der Waals surface area contributed by atoms with Gasteiger partial charge in [-0.15, -0.1) is 0 Å². The number of non-ortho nitro benzene ring substituents is 1. The van der Waals surface area contributed by atoms with Crippen molar-refractivity contribution in [2.24, 2.45) is 5.92 Å². The first-order valence-electron chi connectivity index (χ1n) is 9.05. The summed E-state index contributed by atoms with van der Waals surface area (Å²) in [5, 5.41) is 23.2.